The van der Waals surface area contributed by atoms with Crippen LogP contribution in [0.5, 0.6) is 0 Å². The summed E-state index contributed by atoms with van der Waals surface area (Å²) >= 11 is 3.47. The lowest BCUT2D eigenvalue weighted by atomic mass is 10.1. The lowest BCUT2D eigenvalue weighted by molar-refractivity contribution is 0.950. The van der Waals surface area contributed by atoms with Gasteiger partial charge < -0.3 is 9.41 Å². The summed E-state index contributed by atoms with van der Waals surface area (Å²) in [4.78, 5) is 3.40. The van der Waals surface area contributed by atoms with Crippen molar-refractivity contribution in [2.75, 3.05) is 6.54 Å². The second-order valence-electron chi connectivity index (χ2n) is 3.56. The van der Waals surface area contributed by atoms with Gasteiger partial charge in [-0.2, -0.15) is 0 Å². The predicted octanol–water partition coefficient (Wildman–Crippen LogP) is 3.40. The Kier molecular flexibility index (Phi) is 2.79. The number of benzene rings is 1. The molecule has 0 saturated carbocycles. The zero-order valence-corrected chi connectivity index (χ0v) is 10.1. The molecule has 0 bridgehead atoms. The van der Waals surface area contributed by atoms with Crippen molar-refractivity contribution in [2.45, 2.75) is 6.42 Å². The minimum absolute atomic E-state index is 0.561. The minimum Gasteiger partial charge on any atom is -0.350 e. The lowest BCUT2D eigenvalue weighted by Crippen LogP contribution is -1.85. The molecule has 15 heavy (non-hydrogen) atoms. The van der Waals surface area contributed by atoms with Crippen LogP contribution in [0.25, 0.3) is 15.7 Å². The van der Waals surface area contributed by atoms with E-state index in [0.29, 0.717) is 6.54 Å². The Morgan fingerprint density at radius 1 is 1.47 bits per heavy atom. The molecule has 2 nitrogen and oxygen atoms in total. The number of nitrogens with zero attached hydrogens (tertiary/aromatic N) is 2. The van der Waals surface area contributed by atoms with E-state index in [2.05, 4.69) is 43.7 Å². The first kappa shape index (κ1) is 10.3. The molecule has 1 heterocycles. The van der Waals surface area contributed by atoms with Crippen LogP contribution in [0.15, 0.2) is 28.9 Å². The molecule has 0 aliphatic rings. The SMILES string of the molecule is [C-]#[N+]CCc1cn(C)c2ccc(Br)cc12. The molecule has 0 saturated heterocycles. The summed E-state index contributed by atoms with van der Waals surface area (Å²) in [7, 11) is 2.04. The number of aromatic nitrogens is 1. The van der Waals surface area contributed by atoms with Gasteiger partial charge in [-0.1, -0.05) is 15.9 Å². The summed E-state index contributed by atoms with van der Waals surface area (Å²) in [5, 5.41) is 1.25. The number of fused-ring (bicyclic) bond motifs is 1. The van der Waals surface area contributed by atoms with Crippen LogP contribution in [-0.4, -0.2) is 11.1 Å². The van der Waals surface area contributed by atoms with Crippen LogP contribution in [-0.2, 0) is 13.5 Å². The van der Waals surface area contributed by atoms with E-state index in [1.807, 2.05) is 13.1 Å². The van der Waals surface area contributed by atoms with E-state index in [9.17, 15) is 0 Å². The third-order valence-corrected chi connectivity index (χ3v) is 3.02. The Hall–Kier alpha value is -1.27. The van der Waals surface area contributed by atoms with Crippen molar-refractivity contribution in [3.63, 3.8) is 0 Å². The first-order valence-electron chi connectivity index (χ1n) is 4.79. The number of hydrogen-bond donors (Lipinski definition) is 0. The van der Waals surface area contributed by atoms with E-state index in [-0.39, 0.29) is 0 Å². The van der Waals surface area contributed by atoms with Crippen molar-refractivity contribution in [3.8, 4) is 0 Å². The first-order valence-corrected chi connectivity index (χ1v) is 5.58. The molecule has 0 amide bonds. The van der Waals surface area contributed by atoms with Gasteiger partial charge in [0, 0.05) is 35.0 Å². The maximum atomic E-state index is 6.82. The Bertz CT molecular complexity index is 534. The van der Waals surface area contributed by atoms with E-state index in [4.69, 9.17) is 6.57 Å². The van der Waals surface area contributed by atoms with Gasteiger partial charge in [-0.05, 0) is 23.8 Å². The van der Waals surface area contributed by atoms with E-state index in [1.165, 1.54) is 16.5 Å². The van der Waals surface area contributed by atoms with Crippen molar-refractivity contribution >= 4 is 26.8 Å². The third-order valence-electron chi connectivity index (χ3n) is 2.53. The molecular weight excluding hydrogens is 252 g/mol. The highest BCUT2D eigenvalue weighted by atomic mass is 79.9. The van der Waals surface area contributed by atoms with Crippen LogP contribution in [0.2, 0.25) is 0 Å². The van der Waals surface area contributed by atoms with Gasteiger partial charge >= 0.3 is 0 Å². The molecule has 0 spiro atoms. The Morgan fingerprint density at radius 2 is 2.27 bits per heavy atom. The van der Waals surface area contributed by atoms with Gasteiger partial charge in [-0.25, -0.2) is 6.57 Å². The second kappa shape index (κ2) is 4.08. The van der Waals surface area contributed by atoms with E-state index in [0.717, 1.165) is 10.9 Å². The maximum absolute atomic E-state index is 6.82. The zero-order valence-electron chi connectivity index (χ0n) is 8.50. The number of hydrogen-bond acceptors (Lipinski definition) is 0. The monoisotopic (exact) mass is 262 g/mol. The molecule has 0 aliphatic carbocycles. The maximum Gasteiger partial charge on any atom is 0.218 e. The van der Waals surface area contributed by atoms with Crippen LogP contribution < -0.4 is 0 Å². The minimum atomic E-state index is 0.561. The third kappa shape index (κ3) is 1.91. The average molecular weight is 263 g/mol. The highest BCUT2D eigenvalue weighted by Crippen LogP contribution is 2.24. The highest BCUT2D eigenvalue weighted by molar-refractivity contribution is 9.10. The molecule has 0 unspecified atom stereocenters. The van der Waals surface area contributed by atoms with E-state index in [1.54, 1.807) is 0 Å². The molecular formula is C12H11BrN2. The fourth-order valence-corrected chi connectivity index (χ4v) is 2.18. The topological polar surface area (TPSA) is 9.29 Å². The predicted molar refractivity (Wildman–Crippen MR) is 65.8 cm³/mol. The molecule has 0 aliphatic heterocycles. The van der Waals surface area contributed by atoms with Crippen LogP contribution in [0.1, 0.15) is 5.56 Å². The summed E-state index contributed by atoms with van der Waals surface area (Å²) in [6, 6.07) is 6.26. The van der Waals surface area contributed by atoms with Crippen LogP contribution >= 0.6 is 15.9 Å². The molecule has 1 aromatic heterocycles. The van der Waals surface area contributed by atoms with Gasteiger partial charge in [-0.3, -0.25) is 0 Å². The van der Waals surface area contributed by atoms with E-state index >= 15 is 0 Å². The quantitative estimate of drug-likeness (QED) is 0.734. The molecule has 2 rings (SSSR count). The molecule has 0 radical (unpaired) electrons. The lowest BCUT2D eigenvalue weighted by Gasteiger charge is -1.96. The fourth-order valence-electron chi connectivity index (χ4n) is 1.82. The number of aryl methyl sites for hydroxylation is 1. The van der Waals surface area contributed by atoms with Crippen molar-refractivity contribution in [3.05, 3.63) is 45.8 Å². The average Bonchev–Trinajstić information content (AvgIpc) is 2.52. The van der Waals surface area contributed by atoms with Crippen LogP contribution in [0, 0.1) is 6.57 Å². The Labute approximate surface area is 97.5 Å². The second-order valence-corrected chi connectivity index (χ2v) is 4.47. The first-order chi connectivity index (χ1) is 7.22. The van der Waals surface area contributed by atoms with Crippen molar-refractivity contribution < 1.29 is 0 Å². The summed E-state index contributed by atoms with van der Waals surface area (Å²) in [6.45, 7) is 7.38. The zero-order chi connectivity index (χ0) is 10.8. The molecule has 1 aromatic carbocycles. The smallest absolute Gasteiger partial charge is 0.218 e. The van der Waals surface area contributed by atoms with Crippen LogP contribution in [0.3, 0.4) is 0 Å². The fraction of sp³-hybridized carbons (Fsp3) is 0.250. The van der Waals surface area contributed by atoms with Crippen molar-refractivity contribution in [1.29, 1.82) is 0 Å². The van der Waals surface area contributed by atoms with Crippen molar-refractivity contribution in [1.82, 2.24) is 4.57 Å². The molecule has 0 N–H and O–H groups in total. The molecule has 3 heteroatoms. The summed E-state index contributed by atoms with van der Waals surface area (Å²) < 4.78 is 3.20. The van der Waals surface area contributed by atoms with Crippen molar-refractivity contribution in [2.24, 2.45) is 7.05 Å². The summed E-state index contributed by atoms with van der Waals surface area (Å²) in [6.07, 6.45) is 2.94. The van der Waals surface area contributed by atoms with E-state index < -0.39 is 0 Å². The normalized spacial score (nSPS) is 10.5. The number of halogens is 1. The van der Waals surface area contributed by atoms with Gasteiger partial charge in [0.1, 0.15) is 0 Å². The highest BCUT2D eigenvalue weighted by Gasteiger charge is 2.07. The standard InChI is InChI=1S/C12H11BrN2/c1-14-6-5-9-8-15(2)12-4-3-10(13)7-11(9)12/h3-4,7-8H,5-6H2,2H3. The number of rotatable bonds is 2. The Balaban J connectivity index is 2.55. The van der Waals surface area contributed by atoms with Gasteiger partial charge in [0.15, 0.2) is 0 Å². The molecule has 0 atom stereocenters. The van der Waals surface area contributed by atoms with Gasteiger partial charge in [0.05, 0.1) is 0 Å². The van der Waals surface area contributed by atoms with Gasteiger partial charge in [-0.15, -0.1) is 0 Å². The molecule has 76 valence electrons. The summed E-state index contributed by atoms with van der Waals surface area (Å²) in [5.41, 5.74) is 2.47. The Morgan fingerprint density at radius 3 is 3.00 bits per heavy atom. The van der Waals surface area contributed by atoms with Gasteiger partial charge in [0.25, 0.3) is 0 Å². The molecule has 0 fully saturated rings. The van der Waals surface area contributed by atoms with Crippen LogP contribution in [0.4, 0.5) is 0 Å². The molecule has 2 aromatic rings. The van der Waals surface area contributed by atoms with Gasteiger partial charge in [0.2, 0.25) is 6.54 Å². The largest absolute Gasteiger partial charge is 0.350 e. The summed E-state index contributed by atoms with van der Waals surface area (Å²) in [5.74, 6) is 0.